The first-order valence-electron chi connectivity index (χ1n) is 9.41. The monoisotopic (exact) mass is 419 g/mol. The van der Waals surface area contributed by atoms with Crippen LogP contribution in [0, 0.1) is 13.8 Å². The van der Waals surface area contributed by atoms with E-state index in [1.54, 1.807) is 0 Å². The average Bonchev–Trinajstić information content (AvgIpc) is 3.12. The van der Waals surface area contributed by atoms with E-state index in [4.69, 9.17) is 0 Å². The number of imide groups is 1. The van der Waals surface area contributed by atoms with Gasteiger partial charge in [0.15, 0.2) is 4.34 Å². The van der Waals surface area contributed by atoms with E-state index in [0.29, 0.717) is 9.47 Å². The molecule has 0 spiro atoms. The summed E-state index contributed by atoms with van der Waals surface area (Å²) in [5.41, 5.74) is 3.35. The quantitative estimate of drug-likeness (QED) is 0.609. The molecule has 0 saturated heterocycles. The molecule has 1 aliphatic rings. The van der Waals surface area contributed by atoms with E-state index < -0.39 is 6.03 Å². The Kier molecular flexibility index (Phi) is 7.27. The Labute approximate surface area is 173 Å². The third-order valence-corrected chi connectivity index (χ3v) is 6.74. The van der Waals surface area contributed by atoms with Crippen molar-refractivity contribution in [2.75, 3.05) is 11.1 Å². The maximum absolute atomic E-state index is 12.0. The van der Waals surface area contributed by atoms with E-state index in [1.807, 2.05) is 12.1 Å². The number of amides is 3. The number of thioether (sulfide) groups is 1. The summed E-state index contributed by atoms with van der Waals surface area (Å²) in [4.78, 5) is 23.9. The molecule has 3 amide bonds. The molecule has 1 saturated carbocycles. The highest BCUT2D eigenvalue weighted by Gasteiger charge is 2.17. The van der Waals surface area contributed by atoms with Gasteiger partial charge in [0.2, 0.25) is 11.0 Å². The lowest BCUT2D eigenvalue weighted by Gasteiger charge is -2.22. The largest absolute Gasteiger partial charge is 0.335 e. The highest BCUT2D eigenvalue weighted by molar-refractivity contribution is 8.01. The van der Waals surface area contributed by atoms with Crippen LogP contribution in [-0.2, 0) is 4.79 Å². The second-order valence-electron chi connectivity index (χ2n) is 6.89. The van der Waals surface area contributed by atoms with Gasteiger partial charge in [0.25, 0.3) is 0 Å². The Morgan fingerprint density at radius 3 is 2.75 bits per heavy atom. The molecule has 3 N–H and O–H groups in total. The number of aryl methyl sites for hydroxylation is 1. The van der Waals surface area contributed by atoms with Crippen LogP contribution in [0.15, 0.2) is 22.5 Å². The number of carbonyl (C=O) groups is 2. The molecule has 0 aliphatic heterocycles. The number of rotatable bonds is 6. The zero-order valence-corrected chi connectivity index (χ0v) is 17.7. The maximum Gasteiger partial charge on any atom is 0.321 e. The fraction of sp³-hybridized carbons (Fsp3) is 0.474. The molecule has 1 fully saturated rings. The second-order valence-corrected chi connectivity index (χ2v) is 9.09. The summed E-state index contributed by atoms with van der Waals surface area (Å²) >= 11 is 2.65. The predicted octanol–water partition coefficient (Wildman–Crippen LogP) is 4.15. The molecule has 3 rings (SSSR count). The van der Waals surface area contributed by atoms with Crippen LogP contribution in [-0.4, -0.2) is 33.9 Å². The zero-order chi connectivity index (χ0) is 19.9. The minimum Gasteiger partial charge on any atom is -0.335 e. The van der Waals surface area contributed by atoms with Gasteiger partial charge in [-0.25, -0.2) is 4.79 Å². The topological polar surface area (TPSA) is 96.0 Å². The summed E-state index contributed by atoms with van der Waals surface area (Å²) in [6.45, 7) is 4.11. The molecule has 1 aromatic carbocycles. The molecule has 7 nitrogen and oxygen atoms in total. The summed E-state index contributed by atoms with van der Waals surface area (Å²) in [5.74, 6) is -0.214. The predicted molar refractivity (Wildman–Crippen MR) is 113 cm³/mol. The molecule has 0 radical (unpaired) electrons. The Morgan fingerprint density at radius 1 is 1.18 bits per heavy atom. The van der Waals surface area contributed by atoms with Crippen LogP contribution < -0.4 is 16.0 Å². The summed E-state index contributed by atoms with van der Waals surface area (Å²) in [6, 6.07) is 5.81. The number of nitrogens with one attached hydrogen (secondary N) is 3. The van der Waals surface area contributed by atoms with Crippen molar-refractivity contribution in [2.45, 2.75) is 56.3 Å². The minimum atomic E-state index is -0.410. The molecule has 2 aromatic rings. The Balaban J connectivity index is 1.44. The Bertz CT molecular complexity index is 833. The van der Waals surface area contributed by atoms with Crippen LogP contribution in [0.4, 0.5) is 15.6 Å². The molecule has 28 heavy (non-hydrogen) atoms. The average molecular weight is 420 g/mol. The van der Waals surface area contributed by atoms with Gasteiger partial charge in [0.1, 0.15) is 0 Å². The zero-order valence-electron chi connectivity index (χ0n) is 16.1. The second kappa shape index (κ2) is 9.88. The first kappa shape index (κ1) is 20.6. The number of carbonyl (C=O) groups excluding carboxylic acids is 2. The fourth-order valence-electron chi connectivity index (χ4n) is 3.08. The lowest BCUT2D eigenvalue weighted by atomic mass is 9.96. The van der Waals surface area contributed by atoms with Gasteiger partial charge < -0.3 is 10.6 Å². The van der Waals surface area contributed by atoms with E-state index in [0.717, 1.165) is 36.9 Å². The highest BCUT2D eigenvalue weighted by Crippen LogP contribution is 2.29. The van der Waals surface area contributed by atoms with Crippen molar-refractivity contribution in [2.24, 2.45) is 0 Å². The van der Waals surface area contributed by atoms with Gasteiger partial charge in [-0.15, -0.1) is 10.2 Å². The van der Waals surface area contributed by atoms with Crippen LogP contribution >= 0.6 is 23.1 Å². The molecule has 1 aliphatic carbocycles. The summed E-state index contributed by atoms with van der Waals surface area (Å²) in [6.07, 6.45) is 5.45. The number of benzene rings is 1. The van der Waals surface area contributed by atoms with E-state index in [9.17, 15) is 9.59 Å². The summed E-state index contributed by atoms with van der Waals surface area (Å²) in [5, 5.41) is 17.4. The fourth-order valence-corrected chi connectivity index (χ4v) is 4.64. The number of urea groups is 1. The highest BCUT2D eigenvalue weighted by atomic mass is 32.2. The third kappa shape index (κ3) is 5.93. The lowest BCUT2D eigenvalue weighted by molar-refractivity contribution is -0.117. The molecule has 0 bridgehead atoms. The van der Waals surface area contributed by atoms with Gasteiger partial charge >= 0.3 is 6.03 Å². The van der Waals surface area contributed by atoms with E-state index >= 15 is 0 Å². The normalized spacial score (nSPS) is 14.5. The first-order chi connectivity index (χ1) is 13.5. The number of anilines is 2. The number of hydrogen-bond acceptors (Lipinski definition) is 7. The van der Waals surface area contributed by atoms with Gasteiger partial charge in [-0.1, -0.05) is 54.5 Å². The lowest BCUT2D eigenvalue weighted by Crippen LogP contribution is -2.45. The van der Waals surface area contributed by atoms with Gasteiger partial charge in [-0.2, -0.15) is 0 Å². The molecular weight excluding hydrogens is 394 g/mol. The molecule has 0 unspecified atom stereocenters. The van der Waals surface area contributed by atoms with Crippen molar-refractivity contribution in [3.05, 3.63) is 29.3 Å². The van der Waals surface area contributed by atoms with Crippen LogP contribution in [0.2, 0.25) is 0 Å². The van der Waals surface area contributed by atoms with Crippen LogP contribution in [0.3, 0.4) is 0 Å². The van der Waals surface area contributed by atoms with Crippen LogP contribution in [0.25, 0.3) is 0 Å². The van der Waals surface area contributed by atoms with Crippen molar-refractivity contribution < 1.29 is 9.59 Å². The molecule has 150 valence electrons. The molecule has 0 atom stereocenters. The van der Waals surface area contributed by atoms with Gasteiger partial charge in [0, 0.05) is 11.7 Å². The van der Waals surface area contributed by atoms with E-state index in [-0.39, 0.29) is 17.7 Å². The van der Waals surface area contributed by atoms with E-state index in [1.165, 1.54) is 35.1 Å². The molecule has 1 heterocycles. The summed E-state index contributed by atoms with van der Waals surface area (Å²) < 4.78 is 0.677. The van der Waals surface area contributed by atoms with Gasteiger partial charge in [0.05, 0.1) is 5.75 Å². The first-order valence-corrected chi connectivity index (χ1v) is 11.2. The Morgan fingerprint density at radius 2 is 1.96 bits per heavy atom. The molecular formula is C19H25N5O2S2. The SMILES string of the molecule is Cc1cccc(Nc2nnc(SCC(=O)NC(=O)NC3CCCCC3)s2)c1C. The number of hydrogen-bond donors (Lipinski definition) is 3. The van der Waals surface area contributed by atoms with Crippen LogP contribution in [0.5, 0.6) is 0 Å². The Hall–Kier alpha value is -2.13. The van der Waals surface area contributed by atoms with Crippen molar-refractivity contribution in [3.63, 3.8) is 0 Å². The summed E-state index contributed by atoms with van der Waals surface area (Å²) in [7, 11) is 0. The van der Waals surface area contributed by atoms with Gasteiger partial charge in [-0.05, 0) is 43.9 Å². The van der Waals surface area contributed by atoms with Gasteiger partial charge in [-0.3, -0.25) is 10.1 Å². The van der Waals surface area contributed by atoms with Crippen molar-refractivity contribution in [1.82, 2.24) is 20.8 Å². The van der Waals surface area contributed by atoms with Crippen molar-refractivity contribution >= 4 is 45.9 Å². The number of nitrogens with zero attached hydrogens (tertiary/aromatic N) is 2. The minimum absolute atomic E-state index is 0.121. The number of aromatic nitrogens is 2. The standard InChI is InChI=1S/C19H25N5O2S2/c1-12-7-6-10-15(13(12)2)21-18-23-24-19(28-18)27-11-16(25)22-17(26)20-14-8-4-3-5-9-14/h6-7,10,14H,3-5,8-9,11H2,1-2H3,(H,21,23)(H2,20,22,25,26). The van der Waals surface area contributed by atoms with Crippen molar-refractivity contribution in [1.29, 1.82) is 0 Å². The van der Waals surface area contributed by atoms with Crippen LogP contribution in [0.1, 0.15) is 43.2 Å². The maximum atomic E-state index is 12.0. The third-order valence-electron chi connectivity index (χ3n) is 4.77. The molecule has 1 aromatic heterocycles. The molecule has 9 heteroatoms. The van der Waals surface area contributed by atoms with E-state index in [2.05, 4.69) is 46.1 Å². The smallest absolute Gasteiger partial charge is 0.321 e. The van der Waals surface area contributed by atoms with Crippen molar-refractivity contribution in [3.8, 4) is 0 Å².